The second kappa shape index (κ2) is 11.0. The summed E-state index contributed by atoms with van der Waals surface area (Å²) >= 11 is 0. The fraction of sp³-hybridized carbons (Fsp3) is 0.696. The Morgan fingerprint density at radius 2 is 1.90 bits per heavy atom. The average Bonchev–Trinajstić information content (AvgIpc) is 3.13. The van der Waals surface area contributed by atoms with Gasteiger partial charge >= 0.3 is 0 Å². The van der Waals surface area contributed by atoms with Crippen molar-refractivity contribution in [3.8, 4) is 11.5 Å². The minimum atomic E-state index is 0.103. The Kier molecular flexibility index (Phi) is 8.36. The van der Waals surface area contributed by atoms with E-state index in [0.717, 1.165) is 43.9 Å². The molecule has 2 saturated heterocycles. The molecule has 0 aliphatic carbocycles. The predicted octanol–water partition coefficient (Wildman–Crippen LogP) is 1.94. The van der Waals surface area contributed by atoms with Crippen molar-refractivity contribution in [2.75, 3.05) is 53.5 Å². The van der Waals surface area contributed by atoms with Crippen molar-refractivity contribution < 1.29 is 19.0 Å². The first-order chi connectivity index (χ1) is 14.5. The van der Waals surface area contributed by atoms with E-state index >= 15 is 0 Å². The van der Waals surface area contributed by atoms with E-state index in [4.69, 9.17) is 14.2 Å². The number of carbonyl (C=O) groups is 1. The normalized spacial score (nSPS) is 25.3. The maximum Gasteiger partial charge on any atom is 0.234 e. The molecule has 0 aromatic heterocycles. The van der Waals surface area contributed by atoms with Gasteiger partial charge in [0.05, 0.1) is 33.0 Å². The van der Waals surface area contributed by atoms with Crippen LogP contribution in [0, 0.1) is 0 Å². The van der Waals surface area contributed by atoms with E-state index in [-0.39, 0.29) is 18.1 Å². The Bertz CT molecular complexity index is 689. The standard InChI is InChI=1S/C23H37N3O4/c1-17-13-25(14-18(2)30-17)15-20-6-5-11-26(20)16-23(27)24-10-9-19-7-8-21(28-3)22(12-19)29-4/h7-8,12,17-18,20H,5-6,9-11,13-16H2,1-4H3,(H,24,27). The van der Waals surface area contributed by atoms with E-state index in [1.165, 1.54) is 12.8 Å². The van der Waals surface area contributed by atoms with Gasteiger partial charge in [-0.1, -0.05) is 6.07 Å². The average molecular weight is 420 g/mol. The molecule has 3 rings (SSSR count). The molecule has 1 aromatic rings. The number of hydrogen-bond donors (Lipinski definition) is 1. The molecule has 168 valence electrons. The van der Waals surface area contributed by atoms with Crippen molar-refractivity contribution in [1.29, 1.82) is 0 Å². The molecule has 2 fully saturated rings. The van der Waals surface area contributed by atoms with Gasteiger partial charge in [-0.25, -0.2) is 0 Å². The fourth-order valence-corrected chi connectivity index (χ4v) is 4.66. The maximum absolute atomic E-state index is 12.5. The van der Waals surface area contributed by atoms with E-state index in [0.29, 0.717) is 24.9 Å². The molecule has 0 saturated carbocycles. The molecule has 2 heterocycles. The molecular formula is C23H37N3O4. The van der Waals surface area contributed by atoms with Gasteiger partial charge in [-0.2, -0.15) is 0 Å². The van der Waals surface area contributed by atoms with E-state index < -0.39 is 0 Å². The fourth-order valence-electron chi connectivity index (χ4n) is 4.66. The second-order valence-corrected chi connectivity index (χ2v) is 8.53. The summed E-state index contributed by atoms with van der Waals surface area (Å²) in [6.45, 7) is 9.36. The summed E-state index contributed by atoms with van der Waals surface area (Å²) in [7, 11) is 3.26. The number of nitrogens with zero attached hydrogens (tertiary/aromatic N) is 2. The van der Waals surface area contributed by atoms with Gasteiger partial charge in [-0.15, -0.1) is 0 Å². The van der Waals surface area contributed by atoms with Gasteiger partial charge in [0.2, 0.25) is 5.91 Å². The first-order valence-corrected chi connectivity index (χ1v) is 11.1. The highest BCUT2D eigenvalue weighted by atomic mass is 16.5. The van der Waals surface area contributed by atoms with Crippen LogP contribution in [0.15, 0.2) is 18.2 Å². The first kappa shape index (κ1) is 22.8. The smallest absolute Gasteiger partial charge is 0.234 e. The van der Waals surface area contributed by atoms with Crippen molar-refractivity contribution >= 4 is 5.91 Å². The highest BCUT2D eigenvalue weighted by Gasteiger charge is 2.30. The number of methoxy groups -OCH3 is 2. The number of morpholine rings is 1. The Labute approximate surface area is 180 Å². The van der Waals surface area contributed by atoms with Crippen LogP contribution < -0.4 is 14.8 Å². The molecule has 2 aliphatic heterocycles. The van der Waals surface area contributed by atoms with Crippen molar-refractivity contribution in [1.82, 2.24) is 15.1 Å². The summed E-state index contributed by atoms with van der Waals surface area (Å²) in [5, 5.41) is 3.08. The molecule has 30 heavy (non-hydrogen) atoms. The zero-order valence-corrected chi connectivity index (χ0v) is 18.9. The molecule has 0 spiro atoms. The van der Waals surface area contributed by atoms with Gasteiger partial charge in [-0.05, 0) is 57.4 Å². The quantitative estimate of drug-likeness (QED) is 0.660. The molecule has 1 aromatic carbocycles. The highest BCUT2D eigenvalue weighted by Crippen LogP contribution is 2.27. The van der Waals surface area contributed by atoms with Crippen LogP contribution in [0.2, 0.25) is 0 Å². The van der Waals surface area contributed by atoms with Crippen LogP contribution >= 0.6 is 0 Å². The van der Waals surface area contributed by atoms with Gasteiger partial charge in [-0.3, -0.25) is 14.6 Å². The summed E-state index contributed by atoms with van der Waals surface area (Å²) in [6, 6.07) is 6.33. The van der Waals surface area contributed by atoms with Crippen molar-refractivity contribution in [3.63, 3.8) is 0 Å². The number of carbonyl (C=O) groups excluding carboxylic acids is 1. The lowest BCUT2D eigenvalue weighted by Gasteiger charge is -2.38. The second-order valence-electron chi connectivity index (χ2n) is 8.53. The van der Waals surface area contributed by atoms with Gasteiger partial charge in [0, 0.05) is 32.2 Å². The third-order valence-electron chi connectivity index (χ3n) is 5.99. The SMILES string of the molecule is COc1ccc(CCNC(=O)CN2CCCC2CN2CC(C)OC(C)C2)cc1OC. The molecule has 2 aliphatic rings. The van der Waals surface area contributed by atoms with Gasteiger partial charge in [0.15, 0.2) is 11.5 Å². The monoisotopic (exact) mass is 419 g/mol. The Hall–Kier alpha value is -1.83. The highest BCUT2D eigenvalue weighted by molar-refractivity contribution is 5.78. The topological polar surface area (TPSA) is 63.3 Å². The summed E-state index contributed by atoms with van der Waals surface area (Å²) in [6.07, 6.45) is 3.66. The van der Waals surface area contributed by atoms with Crippen LogP contribution in [0.5, 0.6) is 11.5 Å². The van der Waals surface area contributed by atoms with Crippen molar-refractivity contribution in [2.24, 2.45) is 0 Å². The lowest BCUT2D eigenvalue weighted by Crippen LogP contribution is -2.51. The van der Waals surface area contributed by atoms with Gasteiger partial charge in [0.25, 0.3) is 0 Å². The summed E-state index contributed by atoms with van der Waals surface area (Å²) < 4.78 is 16.5. The number of ether oxygens (including phenoxy) is 3. The summed E-state index contributed by atoms with van der Waals surface area (Å²) in [5.74, 6) is 1.54. The predicted molar refractivity (Wildman–Crippen MR) is 117 cm³/mol. The molecule has 0 bridgehead atoms. The number of nitrogens with one attached hydrogen (secondary N) is 1. The maximum atomic E-state index is 12.5. The lowest BCUT2D eigenvalue weighted by molar-refractivity contribution is -0.122. The molecule has 1 amide bonds. The number of hydrogen-bond acceptors (Lipinski definition) is 6. The number of rotatable bonds is 9. The largest absolute Gasteiger partial charge is 0.493 e. The van der Waals surface area contributed by atoms with E-state index in [1.807, 2.05) is 18.2 Å². The van der Waals surface area contributed by atoms with Gasteiger partial charge in [0.1, 0.15) is 0 Å². The van der Waals surface area contributed by atoms with Crippen LogP contribution in [0.3, 0.4) is 0 Å². The minimum Gasteiger partial charge on any atom is -0.493 e. The number of amides is 1. The summed E-state index contributed by atoms with van der Waals surface area (Å²) in [5.41, 5.74) is 1.11. The third-order valence-corrected chi connectivity index (χ3v) is 5.99. The molecule has 3 unspecified atom stereocenters. The number of likely N-dealkylation sites (tertiary alicyclic amines) is 1. The lowest BCUT2D eigenvalue weighted by atomic mass is 10.1. The summed E-state index contributed by atoms with van der Waals surface area (Å²) in [4.78, 5) is 17.4. The zero-order valence-electron chi connectivity index (χ0n) is 18.9. The zero-order chi connectivity index (χ0) is 21.5. The van der Waals surface area contributed by atoms with Crippen LogP contribution in [0.4, 0.5) is 0 Å². The molecule has 7 heteroatoms. The molecule has 7 nitrogen and oxygen atoms in total. The first-order valence-electron chi connectivity index (χ1n) is 11.1. The van der Waals surface area contributed by atoms with Crippen LogP contribution in [0.1, 0.15) is 32.3 Å². The number of benzene rings is 1. The van der Waals surface area contributed by atoms with Crippen LogP contribution in [-0.2, 0) is 16.0 Å². The Balaban J connectivity index is 1.42. The van der Waals surface area contributed by atoms with E-state index in [9.17, 15) is 4.79 Å². The van der Waals surface area contributed by atoms with E-state index in [1.54, 1.807) is 14.2 Å². The third kappa shape index (κ3) is 6.33. The van der Waals surface area contributed by atoms with Crippen molar-refractivity contribution in [2.45, 2.75) is 51.4 Å². The molecule has 3 atom stereocenters. The molecular weight excluding hydrogens is 382 g/mol. The molecule has 1 N–H and O–H groups in total. The van der Waals surface area contributed by atoms with Crippen LogP contribution in [0.25, 0.3) is 0 Å². The molecule has 0 radical (unpaired) electrons. The Morgan fingerprint density at radius 1 is 1.17 bits per heavy atom. The van der Waals surface area contributed by atoms with Gasteiger partial charge < -0.3 is 19.5 Å². The van der Waals surface area contributed by atoms with Crippen LogP contribution in [-0.4, -0.2) is 87.4 Å². The Morgan fingerprint density at radius 3 is 2.60 bits per heavy atom. The van der Waals surface area contributed by atoms with Crippen molar-refractivity contribution in [3.05, 3.63) is 23.8 Å². The van der Waals surface area contributed by atoms with E-state index in [2.05, 4.69) is 29.0 Å². The minimum absolute atomic E-state index is 0.103.